The van der Waals surface area contributed by atoms with Crippen molar-refractivity contribution in [2.45, 2.75) is 37.0 Å². The van der Waals surface area contributed by atoms with Gasteiger partial charge in [0.1, 0.15) is 47.6 Å². The molecule has 0 aromatic carbocycles. The number of anilines is 1. The zero-order valence-corrected chi connectivity index (χ0v) is 15.6. The van der Waals surface area contributed by atoms with E-state index in [0.29, 0.717) is 28.4 Å². The smallest absolute Gasteiger partial charge is 0.164 e. The molecule has 0 bridgehead atoms. The Morgan fingerprint density at radius 3 is 2.89 bits per heavy atom. The minimum Gasteiger partial charge on any atom is -0.548 e. The van der Waals surface area contributed by atoms with E-state index in [9.17, 15) is 20.1 Å². The molecule has 0 amide bonds. The summed E-state index contributed by atoms with van der Waals surface area (Å²) in [7, 11) is -0.247. The predicted molar refractivity (Wildman–Crippen MR) is 98.5 cm³/mol. The molecule has 0 radical (unpaired) electrons. The fourth-order valence-corrected chi connectivity index (χ4v) is 4.76. The molecule has 1 aliphatic rings. The van der Waals surface area contributed by atoms with Crippen LogP contribution in [0.25, 0.3) is 11.0 Å². The predicted octanol–water partition coefficient (Wildman–Crippen LogP) is -2.65. The lowest BCUT2D eigenvalue weighted by molar-refractivity contribution is -0.307. The normalized spacial score (nSPS) is 27.7. The molecule has 6 N–H and O–H groups in total. The Morgan fingerprint density at radius 1 is 1.44 bits per heavy atom. The third kappa shape index (κ3) is 4.01. The summed E-state index contributed by atoms with van der Waals surface area (Å²) in [5.41, 5.74) is 11.8. The van der Waals surface area contributed by atoms with Crippen LogP contribution >= 0.6 is 0 Å². The van der Waals surface area contributed by atoms with E-state index >= 15 is 0 Å². The van der Waals surface area contributed by atoms with Crippen molar-refractivity contribution in [2.75, 3.05) is 23.5 Å². The van der Waals surface area contributed by atoms with Crippen molar-refractivity contribution in [1.82, 2.24) is 14.5 Å². The van der Waals surface area contributed by atoms with Crippen LogP contribution in [0.3, 0.4) is 0 Å². The van der Waals surface area contributed by atoms with Crippen molar-refractivity contribution < 1.29 is 24.9 Å². The molecule has 148 valence electrons. The lowest BCUT2D eigenvalue weighted by Crippen LogP contribution is -2.43. The van der Waals surface area contributed by atoms with Gasteiger partial charge in [-0.15, -0.1) is 0 Å². The van der Waals surface area contributed by atoms with Crippen LogP contribution in [-0.2, 0) is 20.4 Å². The maximum absolute atomic E-state index is 10.7. The maximum atomic E-state index is 10.7. The third-order valence-electron chi connectivity index (χ3n) is 4.68. The molecule has 3 rings (SSSR count). The molecule has 0 saturated carbocycles. The molecule has 2 aromatic heterocycles. The summed E-state index contributed by atoms with van der Waals surface area (Å²) in [5, 5.41) is 32.2. The first-order valence-corrected chi connectivity index (χ1v) is 10.4. The molecule has 3 heterocycles. The van der Waals surface area contributed by atoms with E-state index in [-0.39, 0.29) is 17.3 Å². The number of ether oxygens (including phenoxy) is 1. The molecule has 2 aromatic rings. The number of fused-ring (bicyclic) bond motifs is 1. The van der Waals surface area contributed by atoms with E-state index in [2.05, 4.69) is 9.97 Å². The first-order valence-electron chi connectivity index (χ1n) is 8.43. The lowest BCUT2D eigenvalue weighted by Gasteiger charge is -2.17. The highest BCUT2D eigenvalue weighted by Gasteiger charge is 2.46. The summed E-state index contributed by atoms with van der Waals surface area (Å²) in [6.07, 6.45) is 1.64. The second-order valence-corrected chi connectivity index (χ2v) is 8.94. The van der Waals surface area contributed by atoms with Gasteiger partial charge in [-0.3, -0.25) is 0 Å². The zero-order valence-electron chi connectivity index (χ0n) is 14.8. The van der Waals surface area contributed by atoms with Crippen LogP contribution in [0.2, 0.25) is 0 Å². The summed E-state index contributed by atoms with van der Waals surface area (Å²) in [6, 6.07) is 0.718. The van der Waals surface area contributed by atoms with Gasteiger partial charge in [-0.2, -0.15) is 0 Å². The number of carboxylic acid groups (broad SMARTS) is 1. The number of aliphatic hydroxyl groups excluding tert-OH is 2. The van der Waals surface area contributed by atoms with E-state index in [1.807, 2.05) is 6.26 Å². The number of carbonyl (C=O) groups is 1. The first kappa shape index (κ1) is 19.8. The van der Waals surface area contributed by atoms with Crippen molar-refractivity contribution in [3.05, 3.63) is 18.6 Å². The Morgan fingerprint density at radius 2 is 2.19 bits per heavy atom. The van der Waals surface area contributed by atoms with Crippen molar-refractivity contribution in [3.63, 3.8) is 0 Å². The number of aromatic nitrogens is 3. The Labute approximate surface area is 158 Å². The van der Waals surface area contributed by atoms with Gasteiger partial charge in [-0.05, 0) is 17.0 Å². The van der Waals surface area contributed by atoms with Crippen molar-refractivity contribution >= 4 is 33.7 Å². The monoisotopic (exact) mass is 397 g/mol. The van der Waals surface area contributed by atoms with Crippen molar-refractivity contribution in [1.29, 1.82) is 0 Å². The van der Waals surface area contributed by atoms with Gasteiger partial charge in [-0.25, -0.2) is 9.97 Å². The SMILES string of the molecule is C[S+](CCC(N)C(=O)[O-])C[C@H]1O[C@@H](n2ccc3c(N)ncnc32)[C@H](O)[C@@H]1O. The minimum atomic E-state index is -1.28. The van der Waals surface area contributed by atoms with E-state index in [4.69, 9.17) is 16.2 Å². The van der Waals surface area contributed by atoms with Crippen LogP contribution in [-0.4, -0.2) is 72.8 Å². The minimum absolute atomic E-state index is 0.247. The summed E-state index contributed by atoms with van der Waals surface area (Å²) in [5.74, 6) is 0.0897. The molecule has 0 aliphatic carbocycles. The molecule has 10 nitrogen and oxygen atoms in total. The van der Waals surface area contributed by atoms with Crippen LogP contribution in [0.15, 0.2) is 18.6 Å². The topological polar surface area (TPSA) is 173 Å². The first-order chi connectivity index (χ1) is 12.8. The van der Waals surface area contributed by atoms with Gasteiger partial charge in [0, 0.05) is 18.7 Å². The fraction of sp³-hybridized carbons (Fsp3) is 0.562. The Kier molecular flexibility index (Phi) is 5.86. The second kappa shape index (κ2) is 7.98. The van der Waals surface area contributed by atoms with Crippen LogP contribution in [0.5, 0.6) is 0 Å². The van der Waals surface area contributed by atoms with Gasteiger partial charge in [0.15, 0.2) is 6.23 Å². The molecule has 0 spiro atoms. The third-order valence-corrected chi connectivity index (χ3v) is 6.51. The van der Waals surface area contributed by atoms with Gasteiger partial charge in [0.25, 0.3) is 0 Å². The number of hydrogen-bond donors (Lipinski definition) is 4. The maximum Gasteiger partial charge on any atom is 0.164 e. The Balaban J connectivity index is 1.68. The molecule has 27 heavy (non-hydrogen) atoms. The average molecular weight is 397 g/mol. The van der Waals surface area contributed by atoms with Gasteiger partial charge in [0.05, 0.1) is 17.6 Å². The number of aliphatic hydroxyl groups is 2. The van der Waals surface area contributed by atoms with Gasteiger partial charge >= 0.3 is 0 Å². The summed E-state index contributed by atoms with van der Waals surface area (Å²) in [6.45, 7) is 0. The molecule has 11 heteroatoms. The van der Waals surface area contributed by atoms with Crippen LogP contribution in [0.1, 0.15) is 12.6 Å². The van der Waals surface area contributed by atoms with Gasteiger partial charge in [-0.1, -0.05) is 0 Å². The number of aliphatic carboxylic acids is 1. The summed E-state index contributed by atoms with van der Waals surface area (Å²) >= 11 is 0. The van der Waals surface area contributed by atoms with Crippen LogP contribution < -0.4 is 16.6 Å². The van der Waals surface area contributed by atoms with E-state index in [1.54, 1.807) is 16.8 Å². The van der Waals surface area contributed by atoms with Crippen LogP contribution in [0, 0.1) is 0 Å². The molecule has 1 fully saturated rings. The molecule has 6 atom stereocenters. The summed E-state index contributed by atoms with van der Waals surface area (Å²) < 4.78 is 7.54. The number of nitrogens with zero attached hydrogens (tertiary/aromatic N) is 3. The molecule has 1 saturated heterocycles. The highest BCUT2D eigenvalue weighted by atomic mass is 32.2. The van der Waals surface area contributed by atoms with E-state index < -0.39 is 36.6 Å². The lowest BCUT2D eigenvalue weighted by atomic mass is 10.1. The number of rotatable bonds is 7. The Hall–Kier alpha value is -1.92. The highest BCUT2D eigenvalue weighted by Crippen LogP contribution is 2.33. The molecule has 2 unspecified atom stereocenters. The van der Waals surface area contributed by atoms with Crippen molar-refractivity contribution in [2.24, 2.45) is 5.73 Å². The fourth-order valence-electron chi connectivity index (χ4n) is 3.10. The van der Waals surface area contributed by atoms with Crippen LogP contribution in [0.4, 0.5) is 5.82 Å². The number of nitrogens with two attached hydrogens (primary N) is 2. The van der Waals surface area contributed by atoms with E-state index in [0.717, 1.165) is 0 Å². The second-order valence-electron chi connectivity index (χ2n) is 6.63. The number of hydrogen-bond acceptors (Lipinski definition) is 9. The van der Waals surface area contributed by atoms with E-state index in [1.165, 1.54) is 6.33 Å². The van der Waals surface area contributed by atoms with Crippen molar-refractivity contribution in [3.8, 4) is 0 Å². The largest absolute Gasteiger partial charge is 0.548 e. The summed E-state index contributed by atoms with van der Waals surface area (Å²) in [4.78, 5) is 18.8. The zero-order chi connectivity index (χ0) is 19.7. The van der Waals surface area contributed by atoms with Gasteiger partial charge in [0.2, 0.25) is 0 Å². The molecule has 1 aliphatic heterocycles. The number of carboxylic acids is 1. The molecular formula is C16H23N5O5S. The number of nitrogen functional groups attached to an aromatic ring is 1. The highest BCUT2D eigenvalue weighted by molar-refractivity contribution is 7.96. The standard InChI is InChI=1S/C16H23N5O5S/c1-27(5-3-9(17)16(24)25)6-10-11(22)12(23)15(26-10)21-4-2-8-13(18)19-7-20-14(8)21/h2,4,7,9-12,15,22-23H,3,5-6,17H2,1H3,(H2-,18,19,20,24,25)/t9?,10-,11-,12-,15-,27?/m1/s1. The Bertz CT molecular complexity index is 818. The number of carbonyl (C=O) groups excluding carboxylic acids is 1. The quantitative estimate of drug-likeness (QED) is 0.364. The van der Waals surface area contributed by atoms with Gasteiger partial charge < -0.3 is 40.9 Å². The average Bonchev–Trinajstić information content (AvgIpc) is 3.17. The molecular weight excluding hydrogens is 374 g/mol.